The molecule has 1 aromatic carbocycles. The molecule has 0 spiro atoms. The number of carbonyl (C=O) groups excluding carboxylic acids is 1. The number of carbonyl (C=O) groups is 1. The van der Waals surface area contributed by atoms with Crippen LogP contribution in [-0.2, 0) is 4.74 Å². The van der Waals surface area contributed by atoms with Crippen molar-refractivity contribution in [2.45, 2.75) is 0 Å². The minimum absolute atomic E-state index is 0.353. The van der Waals surface area contributed by atoms with Crippen molar-refractivity contribution < 1.29 is 9.53 Å². The van der Waals surface area contributed by atoms with Gasteiger partial charge in [0.05, 0.1) is 24.5 Å². The van der Waals surface area contributed by atoms with Crippen molar-refractivity contribution in [3.05, 3.63) is 42.0 Å². The van der Waals surface area contributed by atoms with Crippen LogP contribution in [0, 0.1) is 0 Å². The van der Waals surface area contributed by atoms with Crippen molar-refractivity contribution >= 4 is 11.7 Å². The summed E-state index contributed by atoms with van der Waals surface area (Å²) in [6, 6.07) is 11.3. The number of nitrogens with zero attached hydrogens (tertiary/aromatic N) is 3. The van der Waals surface area contributed by atoms with E-state index in [-0.39, 0.29) is 0 Å². The lowest BCUT2D eigenvalue weighted by atomic mass is 10.1. The van der Waals surface area contributed by atoms with Crippen LogP contribution >= 0.6 is 0 Å². The molecule has 7 heteroatoms. The van der Waals surface area contributed by atoms with E-state index < -0.39 is 5.91 Å². The number of anilines is 1. The Balaban J connectivity index is 1.69. The summed E-state index contributed by atoms with van der Waals surface area (Å²) in [5, 5.41) is 11.5. The second-order valence-electron chi connectivity index (χ2n) is 5.60. The van der Waals surface area contributed by atoms with E-state index >= 15 is 0 Å². The molecule has 0 radical (unpaired) electrons. The highest BCUT2D eigenvalue weighted by Crippen LogP contribution is 2.20. The molecular weight excluding hydrogens is 306 g/mol. The standard InChI is InChI=1S/C17H21N5O2/c18-16(23)14-12-15(13-4-2-1-3-5-13)20-21-17(14)19-6-7-22-8-10-24-11-9-22/h1-5,12H,6-11H2,(H2,18,23)(H,19,21). The third-order valence-electron chi connectivity index (χ3n) is 3.95. The van der Waals surface area contributed by atoms with Crippen LogP contribution in [0.5, 0.6) is 0 Å². The maximum absolute atomic E-state index is 11.8. The molecule has 3 rings (SSSR count). The lowest BCUT2D eigenvalue weighted by Crippen LogP contribution is -2.39. The van der Waals surface area contributed by atoms with Gasteiger partial charge in [0.1, 0.15) is 0 Å². The Kier molecular flexibility index (Phi) is 5.35. The van der Waals surface area contributed by atoms with Gasteiger partial charge in [-0.1, -0.05) is 30.3 Å². The van der Waals surface area contributed by atoms with Crippen LogP contribution in [-0.4, -0.2) is 60.4 Å². The quantitative estimate of drug-likeness (QED) is 0.822. The van der Waals surface area contributed by atoms with E-state index in [9.17, 15) is 4.79 Å². The molecule has 0 bridgehead atoms. The highest BCUT2D eigenvalue weighted by Gasteiger charge is 2.14. The predicted octanol–water partition coefficient (Wildman–Crippen LogP) is 0.987. The second kappa shape index (κ2) is 7.85. The number of primary amides is 1. The zero-order valence-corrected chi connectivity index (χ0v) is 13.4. The molecule has 1 amide bonds. The number of nitrogens with two attached hydrogens (primary N) is 1. The van der Waals surface area contributed by atoms with Gasteiger partial charge in [0.2, 0.25) is 0 Å². The van der Waals surface area contributed by atoms with E-state index in [0.717, 1.165) is 38.4 Å². The first-order valence-electron chi connectivity index (χ1n) is 8.01. The molecule has 2 aromatic rings. The maximum Gasteiger partial charge on any atom is 0.252 e. The van der Waals surface area contributed by atoms with E-state index in [2.05, 4.69) is 20.4 Å². The molecule has 24 heavy (non-hydrogen) atoms. The van der Waals surface area contributed by atoms with Crippen molar-refractivity contribution in [3.8, 4) is 11.3 Å². The summed E-state index contributed by atoms with van der Waals surface area (Å²) >= 11 is 0. The van der Waals surface area contributed by atoms with E-state index in [0.29, 0.717) is 23.6 Å². The molecule has 1 saturated heterocycles. The van der Waals surface area contributed by atoms with Crippen LogP contribution in [0.1, 0.15) is 10.4 Å². The van der Waals surface area contributed by atoms with Gasteiger partial charge < -0.3 is 15.8 Å². The van der Waals surface area contributed by atoms with Crippen molar-refractivity contribution in [1.82, 2.24) is 15.1 Å². The van der Waals surface area contributed by atoms with Crippen molar-refractivity contribution in [1.29, 1.82) is 0 Å². The van der Waals surface area contributed by atoms with Gasteiger partial charge in [-0.25, -0.2) is 0 Å². The summed E-state index contributed by atoms with van der Waals surface area (Å²) in [5.74, 6) is -0.0913. The number of rotatable bonds is 6. The van der Waals surface area contributed by atoms with Gasteiger partial charge in [-0.2, -0.15) is 0 Å². The fourth-order valence-electron chi connectivity index (χ4n) is 2.62. The molecule has 126 valence electrons. The Morgan fingerprint density at radius 3 is 2.67 bits per heavy atom. The molecule has 0 saturated carbocycles. The molecule has 7 nitrogen and oxygen atoms in total. The molecule has 1 fully saturated rings. The van der Waals surface area contributed by atoms with Gasteiger partial charge in [0.25, 0.3) is 5.91 Å². The van der Waals surface area contributed by atoms with Crippen LogP contribution < -0.4 is 11.1 Å². The van der Waals surface area contributed by atoms with E-state index in [1.165, 1.54) is 0 Å². The highest BCUT2D eigenvalue weighted by molar-refractivity contribution is 5.98. The van der Waals surface area contributed by atoms with Gasteiger partial charge in [0, 0.05) is 31.7 Å². The molecule has 0 atom stereocenters. The fourth-order valence-corrected chi connectivity index (χ4v) is 2.62. The van der Waals surface area contributed by atoms with Crippen LogP contribution in [0.2, 0.25) is 0 Å². The summed E-state index contributed by atoms with van der Waals surface area (Å²) in [5.41, 5.74) is 7.38. The molecule has 1 aliphatic heterocycles. The van der Waals surface area contributed by atoms with Crippen LogP contribution in [0.3, 0.4) is 0 Å². The Labute approximate surface area is 140 Å². The smallest absolute Gasteiger partial charge is 0.252 e. The van der Waals surface area contributed by atoms with Crippen LogP contribution in [0.15, 0.2) is 36.4 Å². The van der Waals surface area contributed by atoms with E-state index in [1.807, 2.05) is 30.3 Å². The zero-order valence-electron chi connectivity index (χ0n) is 13.4. The molecular formula is C17H21N5O2. The average molecular weight is 327 g/mol. The molecule has 0 aliphatic carbocycles. The first-order valence-corrected chi connectivity index (χ1v) is 8.01. The summed E-state index contributed by atoms with van der Waals surface area (Å²) in [6.07, 6.45) is 0. The first-order chi connectivity index (χ1) is 11.7. The third-order valence-corrected chi connectivity index (χ3v) is 3.95. The number of morpholine rings is 1. The largest absolute Gasteiger partial charge is 0.379 e. The minimum atomic E-state index is -0.518. The van der Waals surface area contributed by atoms with Gasteiger partial charge in [0.15, 0.2) is 5.82 Å². The SMILES string of the molecule is NC(=O)c1cc(-c2ccccc2)nnc1NCCN1CCOCC1. The van der Waals surface area contributed by atoms with Gasteiger partial charge in [-0.05, 0) is 6.07 Å². The number of hydrogen-bond donors (Lipinski definition) is 2. The topological polar surface area (TPSA) is 93.4 Å². The summed E-state index contributed by atoms with van der Waals surface area (Å²) in [6.45, 7) is 4.88. The monoisotopic (exact) mass is 327 g/mol. The van der Waals surface area contributed by atoms with E-state index in [4.69, 9.17) is 10.5 Å². The van der Waals surface area contributed by atoms with Crippen molar-refractivity contribution in [2.75, 3.05) is 44.7 Å². The molecule has 1 aliphatic rings. The molecule has 1 aromatic heterocycles. The fraction of sp³-hybridized carbons (Fsp3) is 0.353. The molecule has 3 N–H and O–H groups in total. The van der Waals surface area contributed by atoms with Crippen LogP contribution in [0.4, 0.5) is 5.82 Å². The molecule has 0 unspecified atom stereocenters. The lowest BCUT2D eigenvalue weighted by molar-refractivity contribution is 0.0398. The predicted molar refractivity (Wildman–Crippen MR) is 91.7 cm³/mol. The number of hydrogen-bond acceptors (Lipinski definition) is 6. The average Bonchev–Trinajstić information content (AvgIpc) is 2.63. The third kappa shape index (κ3) is 4.06. The Hall–Kier alpha value is -2.51. The van der Waals surface area contributed by atoms with Gasteiger partial charge in [-0.3, -0.25) is 9.69 Å². The Bertz CT molecular complexity index is 687. The minimum Gasteiger partial charge on any atom is -0.379 e. The lowest BCUT2D eigenvalue weighted by Gasteiger charge is -2.26. The number of nitrogens with one attached hydrogen (secondary N) is 1. The molecule has 2 heterocycles. The van der Waals surface area contributed by atoms with Crippen LogP contribution in [0.25, 0.3) is 11.3 Å². The van der Waals surface area contributed by atoms with Crippen molar-refractivity contribution in [2.24, 2.45) is 5.73 Å². The Morgan fingerprint density at radius 1 is 1.21 bits per heavy atom. The first kappa shape index (κ1) is 16.4. The van der Waals surface area contributed by atoms with Gasteiger partial charge >= 0.3 is 0 Å². The number of benzene rings is 1. The number of aromatic nitrogens is 2. The van der Waals surface area contributed by atoms with Crippen molar-refractivity contribution in [3.63, 3.8) is 0 Å². The van der Waals surface area contributed by atoms with Gasteiger partial charge in [-0.15, -0.1) is 10.2 Å². The zero-order chi connectivity index (χ0) is 16.8. The maximum atomic E-state index is 11.8. The second-order valence-corrected chi connectivity index (χ2v) is 5.60. The summed E-state index contributed by atoms with van der Waals surface area (Å²) in [7, 11) is 0. The normalized spacial score (nSPS) is 15.2. The summed E-state index contributed by atoms with van der Waals surface area (Å²) < 4.78 is 5.32. The number of ether oxygens (including phenoxy) is 1. The van der Waals surface area contributed by atoms with E-state index in [1.54, 1.807) is 6.07 Å². The Morgan fingerprint density at radius 2 is 1.96 bits per heavy atom. The highest BCUT2D eigenvalue weighted by atomic mass is 16.5. The summed E-state index contributed by atoms with van der Waals surface area (Å²) in [4.78, 5) is 14.1. The number of amides is 1.